The standard InChI is InChI=1S/C19H15ClN2S/c20-16-10-4-5-11-17(16)21-22-18-12-6-7-13-19(18)23-14-15-8-2-1-3-9-15/h1-13H,14H2. The van der Waals surface area contributed by atoms with Gasteiger partial charge < -0.3 is 0 Å². The zero-order chi connectivity index (χ0) is 15.9. The van der Waals surface area contributed by atoms with Gasteiger partial charge in [0.2, 0.25) is 0 Å². The molecule has 0 fully saturated rings. The first-order valence-electron chi connectivity index (χ1n) is 7.25. The summed E-state index contributed by atoms with van der Waals surface area (Å²) >= 11 is 7.87. The number of halogens is 1. The van der Waals surface area contributed by atoms with Crippen molar-refractivity contribution < 1.29 is 0 Å². The summed E-state index contributed by atoms with van der Waals surface area (Å²) in [5.74, 6) is 0.902. The minimum atomic E-state index is 0.602. The summed E-state index contributed by atoms with van der Waals surface area (Å²) in [4.78, 5) is 1.10. The summed E-state index contributed by atoms with van der Waals surface area (Å²) in [6, 6.07) is 25.8. The number of benzene rings is 3. The van der Waals surface area contributed by atoms with Crippen LogP contribution in [0.2, 0.25) is 5.02 Å². The SMILES string of the molecule is Clc1ccccc1N=Nc1ccccc1SCc1ccccc1. The summed E-state index contributed by atoms with van der Waals surface area (Å²) in [5.41, 5.74) is 2.82. The fourth-order valence-electron chi connectivity index (χ4n) is 2.04. The molecule has 0 aliphatic rings. The molecule has 0 aliphatic heterocycles. The maximum atomic E-state index is 6.11. The molecule has 0 aliphatic carbocycles. The van der Waals surface area contributed by atoms with Gasteiger partial charge in [0.05, 0.1) is 10.7 Å². The van der Waals surface area contributed by atoms with Gasteiger partial charge in [-0.2, -0.15) is 0 Å². The fourth-order valence-corrected chi connectivity index (χ4v) is 3.16. The third-order valence-corrected chi connectivity index (χ3v) is 4.67. The van der Waals surface area contributed by atoms with Crippen LogP contribution in [0.3, 0.4) is 0 Å². The first-order valence-corrected chi connectivity index (χ1v) is 8.61. The molecule has 0 bridgehead atoms. The lowest BCUT2D eigenvalue weighted by molar-refractivity contribution is 1.19. The van der Waals surface area contributed by atoms with Crippen LogP contribution in [0.4, 0.5) is 11.4 Å². The molecular formula is C19H15ClN2S. The molecule has 2 nitrogen and oxygen atoms in total. The topological polar surface area (TPSA) is 24.7 Å². The molecule has 3 aromatic rings. The molecule has 3 rings (SSSR count). The van der Waals surface area contributed by atoms with E-state index in [2.05, 4.69) is 40.6 Å². The molecule has 0 spiro atoms. The number of hydrogen-bond acceptors (Lipinski definition) is 3. The molecule has 4 heteroatoms. The van der Waals surface area contributed by atoms with Crippen molar-refractivity contribution in [2.45, 2.75) is 10.6 Å². The molecule has 0 aromatic heterocycles. The Hall–Kier alpha value is -2.10. The van der Waals surface area contributed by atoms with Gasteiger partial charge in [-0.15, -0.1) is 22.0 Å². The van der Waals surface area contributed by atoms with E-state index in [1.165, 1.54) is 5.56 Å². The van der Waals surface area contributed by atoms with Gasteiger partial charge in [0, 0.05) is 10.6 Å². The minimum absolute atomic E-state index is 0.602. The third-order valence-electron chi connectivity index (χ3n) is 3.22. The molecule has 0 saturated heterocycles. The molecular weight excluding hydrogens is 324 g/mol. The van der Waals surface area contributed by atoms with E-state index in [1.807, 2.05) is 48.5 Å². The van der Waals surface area contributed by atoms with E-state index in [0.29, 0.717) is 10.7 Å². The van der Waals surface area contributed by atoms with Gasteiger partial charge in [-0.05, 0) is 29.8 Å². The Morgan fingerprint density at radius 3 is 2.09 bits per heavy atom. The van der Waals surface area contributed by atoms with E-state index in [1.54, 1.807) is 11.8 Å². The third kappa shape index (κ3) is 4.44. The van der Waals surface area contributed by atoms with Crippen LogP contribution in [-0.2, 0) is 5.75 Å². The molecule has 0 unspecified atom stereocenters. The molecule has 0 atom stereocenters. The van der Waals surface area contributed by atoms with Crippen molar-refractivity contribution in [1.29, 1.82) is 0 Å². The van der Waals surface area contributed by atoms with Crippen LogP contribution < -0.4 is 0 Å². The molecule has 0 radical (unpaired) electrons. The smallest absolute Gasteiger partial charge is 0.104 e. The van der Waals surface area contributed by atoms with Gasteiger partial charge in [-0.25, -0.2) is 0 Å². The Balaban J connectivity index is 1.77. The van der Waals surface area contributed by atoms with E-state index in [0.717, 1.165) is 16.3 Å². The van der Waals surface area contributed by atoms with Crippen LogP contribution >= 0.6 is 23.4 Å². The Bertz CT molecular complexity index is 803. The summed E-state index contributed by atoms with van der Waals surface area (Å²) in [7, 11) is 0. The van der Waals surface area contributed by atoms with Crippen LogP contribution in [0.15, 0.2) is 94.0 Å². The van der Waals surface area contributed by atoms with Crippen molar-refractivity contribution in [3.05, 3.63) is 89.4 Å². The van der Waals surface area contributed by atoms with E-state index >= 15 is 0 Å². The maximum absolute atomic E-state index is 6.11. The number of hydrogen-bond donors (Lipinski definition) is 0. The lowest BCUT2D eigenvalue weighted by Gasteiger charge is -2.05. The predicted octanol–water partition coefficient (Wildman–Crippen LogP) is 7.05. The van der Waals surface area contributed by atoms with Crippen LogP contribution in [0.1, 0.15) is 5.56 Å². The van der Waals surface area contributed by atoms with Crippen LogP contribution in [0.5, 0.6) is 0 Å². The molecule has 0 heterocycles. The second kappa shape index (κ2) is 7.95. The van der Waals surface area contributed by atoms with Crippen molar-refractivity contribution in [3.63, 3.8) is 0 Å². The largest absolute Gasteiger partial charge is 0.149 e. The van der Waals surface area contributed by atoms with Gasteiger partial charge in [-0.1, -0.05) is 66.2 Å². The summed E-state index contributed by atoms with van der Waals surface area (Å²) < 4.78 is 0. The summed E-state index contributed by atoms with van der Waals surface area (Å²) in [5, 5.41) is 9.24. The summed E-state index contributed by atoms with van der Waals surface area (Å²) in [6.45, 7) is 0. The Morgan fingerprint density at radius 2 is 1.30 bits per heavy atom. The molecule has 0 amide bonds. The number of rotatable bonds is 5. The number of azo groups is 1. The zero-order valence-electron chi connectivity index (χ0n) is 12.4. The Labute approximate surface area is 145 Å². The van der Waals surface area contributed by atoms with Crippen LogP contribution in [0.25, 0.3) is 0 Å². The second-order valence-corrected chi connectivity index (χ2v) is 6.32. The van der Waals surface area contributed by atoms with E-state index < -0.39 is 0 Å². The lowest BCUT2D eigenvalue weighted by atomic mass is 10.2. The molecule has 0 N–H and O–H groups in total. The van der Waals surface area contributed by atoms with Crippen LogP contribution in [0, 0.1) is 0 Å². The van der Waals surface area contributed by atoms with Crippen molar-refractivity contribution in [2.75, 3.05) is 0 Å². The highest BCUT2D eigenvalue weighted by Gasteiger charge is 2.03. The van der Waals surface area contributed by atoms with Crippen LogP contribution in [-0.4, -0.2) is 0 Å². The van der Waals surface area contributed by atoms with Gasteiger partial charge in [0.15, 0.2) is 0 Å². The van der Waals surface area contributed by atoms with Crippen molar-refractivity contribution in [2.24, 2.45) is 10.2 Å². The predicted molar refractivity (Wildman–Crippen MR) is 98.1 cm³/mol. The van der Waals surface area contributed by atoms with E-state index in [9.17, 15) is 0 Å². The quantitative estimate of drug-likeness (QED) is 0.361. The molecule has 114 valence electrons. The monoisotopic (exact) mass is 338 g/mol. The van der Waals surface area contributed by atoms with Crippen molar-refractivity contribution >= 4 is 34.7 Å². The minimum Gasteiger partial charge on any atom is -0.149 e. The highest BCUT2D eigenvalue weighted by molar-refractivity contribution is 7.98. The average molecular weight is 339 g/mol. The summed E-state index contributed by atoms with van der Waals surface area (Å²) in [6.07, 6.45) is 0. The number of nitrogens with zero attached hydrogens (tertiary/aromatic N) is 2. The number of thioether (sulfide) groups is 1. The zero-order valence-corrected chi connectivity index (χ0v) is 14.0. The van der Waals surface area contributed by atoms with Crippen molar-refractivity contribution in [3.8, 4) is 0 Å². The van der Waals surface area contributed by atoms with Crippen molar-refractivity contribution in [1.82, 2.24) is 0 Å². The first kappa shape index (κ1) is 15.8. The highest BCUT2D eigenvalue weighted by atomic mass is 35.5. The normalized spacial score (nSPS) is 11.0. The van der Waals surface area contributed by atoms with Gasteiger partial charge in [0.1, 0.15) is 5.69 Å². The fraction of sp³-hybridized carbons (Fsp3) is 0.0526. The molecule has 0 saturated carbocycles. The Kier molecular flexibility index (Phi) is 5.46. The Morgan fingerprint density at radius 1 is 0.696 bits per heavy atom. The first-order chi connectivity index (χ1) is 11.3. The maximum Gasteiger partial charge on any atom is 0.104 e. The van der Waals surface area contributed by atoms with Gasteiger partial charge in [-0.3, -0.25) is 0 Å². The molecule has 23 heavy (non-hydrogen) atoms. The van der Waals surface area contributed by atoms with E-state index in [4.69, 9.17) is 11.6 Å². The average Bonchev–Trinajstić information content (AvgIpc) is 2.61. The highest BCUT2D eigenvalue weighted by Crippen LogP contribution is 2.33. The second-order valence-electron chi connectivity index (χ2n) is 4.89. The van der Waals surface area contributed by atoms with Gasteiger partial charge in [0.25, 0.3) is 0 Å². The van der Waals surface area contributed by atoms with Gasteiger partial charge >= 0.3 is 0 Å². The van der Waals surface area contributed by atoms with E-state index in [-0.39, 0.29) is 0 Å². The molecule has 3 aromatic carbocycles. The lowest BCUT2D eigenvalue weighted by Crippen LogP contribution is -1.79.